The number of rotatable bonds is 3. The van der Waals surface area contributed by atoms with Crippen LogP contribution in [0.4, 0.5) is 0 Å². The molecule has 5 heteroatoms. The van der Waals surface area contributed by atoms with E-state index in [1.807, 2.05) is 43.3 Å². The van der Waals surface area contributed by atoms with Crippen molar-refractivity contribution in [2.75, 3.05) is 0 Å². The van der Waals surface area contributed by atoms with Gasteiger partial charge in [0.25, 0.3) is 5.91 Å². The normalized spacial score (nSPS) is 22.8. The summed E-state index contributed by atoms with van der Waals surface area (Å²) < 4.78 is 5.87. The number of amides is 1. The number of aryl methyl sites for hydroxylation is 1. The fraction of sp³-hybridized carbons (Fsp3) is 0.381. The van der Waals surface area contributed by atoms with E-state index in [-0.39, 0.29) is 11.9 Å². The highest BCUT2D eigenvalue weighted by Crippen LogP contribution is 2.29. The van der Waals surface area contributed by atoms with Crippen LogP contribution in [0.15, 0.2) is 46.5 Å². The van der Waals surface area contributed by atoms with E-state index in [1.54, 1.807) is 11.0 Å². The first-order chi connectivity index (χ1) is 12.6. The zero-order chi connectivity index (χ0) is 18.1. The summed E-state index contributed by atoms with van der Waals surface area (Å²) in [6.45, 7) is 2.04. The molecule has 1 aromatic heterocycles. The lowest BCUT2D eigenvalue weighted by molar-refractivity contribution is -0.136. The molecule has 2 aliphatic rings. The number of carbonyl (C=O) groups is 1. The Morgan fingerprint density at radius 1 is 1.12 bits per heavy atom. The molecule has 2 N–H and O–H groups in total. The highest BCUT2D eigenvalue weighted by atomic mass is 16.3. The third kappa shape index (κ3) is 3.27. The van der Waals surface area contributed by atoms with E-state index in [1.165, 1.54) is 12.0 Å². The predicted molar refractivity (Wildman–Crippen MR) is 99.7 cm³/mol. The second kappa shape index (κ2) is 7.00. The Bertz CT molecular complexity index is 816. The van der Waals surface area contributed by atoms with Crippen molar-refractivity contribution in [2.24, 2.45) is 0 Å². The van der Waals surface area contributed by atoms with Gasteiger partial charge in [-0.1, -0.05) is 49.1 Å². The highest BCUT2D eigenvalue weighted by molar-refractivity contribution is 5.99. The van der Waals surface area contributed by atoms with Gasteiger partial charge >= 0.3 is 0 Å². The molecule has 1 aliphatic carbocycles. The lowest BCUT2D eigenvalue weighted by atomic mass is 9.94. The first-order valence-corrected chi connectivity index (χ1v) is 9.28. The van der Waals surface area contributed by atoms with Crippen LogP contribution in [-0.2, 0) is 4.79 Å². The van der Waals surface area contributed by atoms with Crippen molar-refractivity contribution in [3.8, 4) is 11.3 Å². The molecule has 5 nitrogen and oxygen atoms in total. The number of nitrogens with zero attached hydrogens (tertiary/aromatic N) is 1. The van der Waals surface area contributed by atoms with Crippen LogP contribution < -0.4 is 5.32 Å². The Balaban J connectivity index is 1.53. The molecule has 0 radical (unpaired) electrons. The summed E-state index contributed by atoms with van der Waals surface area (Å²) in [6.07, 6.45) is 6.05. The van der Waals surface area contributed by atoms with Gasteiger partial charge in [-0.2, -0.15) is 0 Å². The number of nitrogens with one attached hydrogen (secondary N) is 1. The van der Waals surface area contributed by atoms with Gasteiger partial charge < -0.3 is 14.8 Å². The zero-order valence-corrected chi connectivity index (χ0v) is 14.9. The van der Waals surface area contributed by atoms with Crippen LogP contribution in [0, 0.1) is 6.92 Å². The molecule has 2 fully saturated rings. The monoisotopic (exact) mass is 352 g/mol. The quantitative estimate of drug-likeness (QED) is 0.828. The van der Waals surface area contributed by atoms with Crippen molar-refractivity contribution in [1.29, 1.82) is 0 Å². The number of hydrogen-bond donors (Lipinski definition) is 2. The Morgan fingerprint density at radius 2 is 1.85 bits per heavy atom. The Morgan fingerprint density at radius 3 is 2.58 bits per heavy atom. The molecular formula is C21H24N2O3. The molecule has 1 unspecified atom stereocenters. The minimum absolute atomic E-state index is 0.115. The fourth-order valence-corrected chi connectivity index (χ4v) is 3.79. The SMILES string of the molecule is Cc1ccc(-c2ccc(/C=C3\NC(O)N(C4CCCCC4)C3=O)o2)cc1. The largest absolute Gasteiger partial charge is 0.457 e. The number of furan rings is 1. The van der Waals surface area contributed by atoms with Crippen molar-refractivity contribution < 1.29 is 14.3 Å². The van der Waals surface area contributed by atoms with Crippen LogP contribution in [0.1, 0.15) is 43.4 Å². The first-order valence-electron chi connectivity index (χ1n) is 9.28. The third-order valence-electron chi connectivity index (χ3n) is 5.23. The minimum Gasteiger partial charge on any atom is -0.457 e. The molecule has 1 aliphatic heterocycles. The number of aliphatic hydroxyl groups excluding tert-OH is 1. The maximum Gasteiger partial charge on any atom is 0.273 e. The van der Waals surface area contributed by atoms with Gasteiger partial charge in [-0.05, 0) is 31.9 Å². The molecule has 1 saturated carbocycles. The van der Waals surface area contributed by atoms with Crippen LogP contribution in [0.5, 0.6) is 0 Å². The first kappa shape index (κ1) is 16.9. The van der Waals surface area contributed by atoms with Crippen LogP contribution in [0.25, 0.3) is 17.4 Å². The van der Waals surface area contributed by atoms with Gasteiger partial charge in [0.1, 0.15) is 17.2 Å². The Labute approximate surface area is 153 Å². The van der Waals surface area contributed by atoms with Gasteiger partial charge in [-0.25, -0.2) is 0 Å². The van der Waals surface area contributed by atoms with Gasteiger partial charge in [0.05, 0.1) is 0 Å². The summed E-state index contributed by atoms with van der Waals surface area (Å²) in [5, 5.41) is 13.2. The van der Waals surface area contributed by atoms with Gasteiger partial charge in [-0.15, -0.1) is 0 Å². The molecule has 0 spiro atoms. The van der Waals surface area contributed by atoms with Crippen LogP contribution in [0.3, 0.4) is 0 Å². The minimum atomic E-state index is -0.955. The van der Waals surface area contributed by atoms with E-state index in [2.05, 4.69) is 5.32 Å². The molecule has 1 amide bonds. The molecular weight excluding hydrogens is 328 g/mol. The van der Waals surface area contributed by atoms with E-state index in [9.17, 15) is 9.90 Å². The van der Waals surface area contributed by atoms with Crippen molar-refractivity contribution in [3.63, 3.8) is 0 Å². The van der Waals surface area contributed by atoms with Gasteiger partial charge in [0.15, 0.2) is 0 Å². The van der Waals surface area contributed by atoms with E-state index < -0.39 is 6.35 Å². The number of aliphatic hydroxyl groups is 1. The van der Waals surface area contributed by atoms with Crippen LogP contribution >= 0.6 is 0 Å². The predicted octanol–water partition coefficient (Wildman–Crippen LogP) is 3.64. The van der Waals surface area contributed by atoms with E-state index in [4.69, 9.17) is 4.42 Å². The number of carbonyl (C=O) groups excluding carboxylic acids is 1. The van der Waals surface area contributed by atoms with E-state index >= 15 is 0 Å². The van der Waals surface area contributed by atoms with Crippen molar-refractivity contribution in [3.05, 3.63) is 53.4 Å². The summed E-state index contributed by atoms with van der Waals surface area (Å²) >= 11 is 0. The summed E-state index contributed by atoms with van der Waals surface area (Å²) in [7, 11) is 0. The average molecular weight is 352 g/mol. The third-order valence-corrected chi connectivity index (χ3v) is 5.23. The molecule has 0 bridgehead atoms. The lowest BCUT2D eigenvalue weighted by Crippen LogP contribution is -2.45. The summed E-state index contributed by atoms with van der Waals surface area (Å²) in [5.74, 6) is 1.19. The Kier molecular flexibility index (Phi) is 4.55. The maximum absolute atomic E-state index is 12.7. The van der Waals surface area contributed by atoms with E-state index in [0.717, 1.165) is 37.0 Å². The molecule has 1 saturated heterocycles. The molecule has 2 heterocycles. The van der Waals surface area contributed by atoms with E-state index in [0.29, 0.717) is 11.5 Å². The Hall–Kier alpha value is -2.53. The standard InChI is InChI=1S/C21H24N2O3/c1-14-7-9-15(10-8-14)19-12-11-17(26-19)13-18-20(24)23(21(25)22-18)16-5-3-2-4-6-16/h7-13,16,21-22,25H,2-6H2,1H3/b18-13-. The average Bonchev–Trinajstić information content (AvgIpc) is 3.21. The van der Waals surface area contributed by atoms with Crippen molar-refractivity contribution in [2.45, 2.75) is 51.4 Å². The lowest BCUT2D eigenvalue weighted by Gasteiger charge is -2.32. The van der Waals surface area contributed by atoms with Crippen molar-refractivity contribution >= 4 is 12.0 Å². The molecule has 1 atom stereocenters. The molecule has 26 heavy (non-hydrogen) atoms. The highest BCUT2D eigenvalue weighted by Gasteiger charge is 2.38. The molecule has 136 valence electrons. The second-order valence-corrected chi connectivity index (χ2v) is 7.15. The topological polar surface area (TPSA) is 65.7 Å². The van der Waals surface area contributed by atoms with Gasteiger partial charge in [-0.3, -0.25) is 9.69 Å². The number of benzene rings is 1. The summed E-state index contributed by atoms with van der Waals surface area (Å²) in [6, 6.07) is 12.0. The van der Waals surface area contributed by atoms with Crippen molar-refractivity contribution in [1.82, 2.24) is 10.2 Å². The molecule has 2 aromatic rings. The van der Waals surface area contributed by atoms with Crippen LogP contribution in [0.2, 0.25) is 0 Å². The maximum atomic E-state index is 12.7. The van der Waals surface area contributed by atoms with Gasteiger partial charge in [0, 0.05) is 17.7 Å². The molecule has 1 aromatic carbocycles. The number of hydrogen-bond acceptors (Lipinski definition) is 4. The summed E-state index contributed by atoms with van der Waals surface area (Å²) in [5.41, 5.74) is 2.57. The zero-order valence-electron chi connectivity index (χ0n) is 14.9. The summed E-state index contributed by atoms with van der Waals surface area (Å²) in [4.78, 5) is 14.3. The van der Waals surface area contributed by atoms with Gasteiger partial charge in [0.2, 0.25) is 6.35 Å². The smallest absolute Gasteiger partial charge is 0.273 e. The fourth-order valence-electron chi connectivity index (χ4n) is 3.79. The van der Waals surface area contributed by atoms with Crippen LogP contribution in [-0.4, -0.2) is 28.3 Å². The second-order valence-electron chi connectivity index (χ2n) is 7.15. The molecule has 4 rings (SSSR count).